The summed E-state index contributed by atoms with van der Waals surface area (Å²) in [5.41, 5.74) is 1.28. The van der Waals surface area contributed by atoms with Crippen LogP contribution in [0.3, 0.4) is 0 Å². The Kier molecular flexibility index (Phi) is 5.75. The maximum atomic E-state index is 12.6. The van der Waals surface area contributed by atoms with Crippen molar-refractivity contribution < 1.29 is 9.21 Å². The minimum absolute atomic E-state index is 0.00773. The van der Waals surface area contributed by atoms with Crippen molar-refractivity contribution in [2.24, 2.45) is 0 Å². The van der Waals surface area contributed by atoms with Gasteiger partial charge in [0.2, 0.25) is 0 Å². The largest absolute Gasteiger partial charge is 0.468 e. The van der Waals surface area contributed by atoms with Crippen LogP contribution < -0.4 is 5.32 Å². The first-order valence-corrected chi connectivity index (χ1v) is 8.62. The Bertz CT molecular complexity index is 812. The van der Waals surface area contributed by atoms with E-state index in [4.69, 9.17) is 4.42 Å². The van der Waals surface area contributed by atoms with Gasteiger partial charge in [-0.3, -0.25) is 9.69 Å². The minimum Gasteiger partial charge on any atom is -0.468 e. The highest BCUT2D eigenvalue weighted by Gasteiger charge is 2.21. The number of likely N-dealkylation sites (N-methyl/N-ethyl adjacent to an activating group) is 1. The summed E-state index contributed by atoms with van der Waals surface area (Å²) in [4.78, 5) is 14.9. The van der Waals surface area contributed by atoms with Gasteiger partial charge in [-0.15, -0.1) is 5.10 Å². The maximum absolute atomic E-state index is 12.6. The molecule has 0 aliphatic rings. The van der Waals surface area contributed by atoms with Crippen molar-refractivity contribution in [2.75, 3.05) is 19.6 Å². The molecule has 3 aromatic rings. The lowest BCUT2D eigenvalue weighted by Gasteiger charge is -2.28. The lowest BCUT2D eigenvalue weighted by Crippen LogP contribution is -2.37. The van der Waals surface area contributed by atoms with Crippen molar-refractivity contribution in [3.05, 3.63) is 60.3 Å². The summed E-state index contributed by atoms with van der Waals surface area (Å²) >= 11 is 0. The molecule has 0 fully saturated rings. The standard InChI is InChI=1S/C18H22N6O2/c1-3-23(4-2)16(17-9-6-10-26-17)12-19-18(25)14-7-5-8-15(11-14)24-13-20-21-22-24/h5-11,13,16H,3-4,12H2,1-2H3,(H,19,25)/t16-/m1/s1. The fourth-order valence-electron chi connectivity index (χ4n) is 2.92. The first-order chi connectivity index (χ1) is 12.7. The Morgan fingerprint density at radius 2 is 2.12 bits per heavy atom. The van der Waals surface area contributed by atoms with Crippen molar-refractivity contribution in [3.8, 4) is 5.69 Å². The molecule has 0 aliphatic carbocycles. The zero-order chi connectivity index (χ0) is 18.4. The topological polar surface area (TPSA) is 89.1 Å². The quantitative estimate of drug-likeness (QED) is 0.666. The summed E-state index contributed by atoms with van der Waals surface area (Å²) in [6, 6.07) is 11.0. The van der Waals surface area contributed by atoms with Gasteiger partial charge in [0, 0.05) is 12.1 Å². The molecule has 0 aliphatic heterocycles. The Morgan fingerprint density at radius 1 is 1.27 bits per heavy atom. The average Bonchev–Trinajstić information content (AvgIpc) is 3.39. The van der Waals surface area contributed by atoms with Gasteiger partial charge in [-0.2, -0.15) is 0 Å². The molecule has 0 unspecified atom stereocenters. The van der Waals surface area contributed by atoms with Crippen LogP contribution in [0.15, 0.2) is 53.4 Å². The number of nitrogens with one attached hydrogen (secondary N) is 1. The van der Waals surface area contributed by atoms with Gasteiger partial charge in [0.15, 0.2) is 0 Å². The average molecular weight is 354 g/mol. The van der Waals surface area contributed by atoms with Gasteiger partial charge < -0.3 is 9.73 Å². The van der Waals surface area contributed by atoms with Crippen molar-refractivity contribution in [3.63, 3.8) is 0 Å². The molecule has 2 heterocycles. The number of rotatable bonds is 8. The number of carbonyl (C=O) groups excluding carboxylic acids is 1. The first-order valence-electron chi connectivity index (χ1n) is 8.62. The van der Waals surface area contributed by atoms with E-state index in [-0.39, 0.29) is 11.9 Å². The molecule has 2 aromatic heterocycles. The second kappa shape index (κ2) is 8.39. The fraction of sp³-hybridized carbons (Fsp3) is 0.333. The lowest BCUT2D eigenvalue weighted by molar-refractivity contribution is 0.0929. The number of carbonyl (C=O) groups is 1. The molecule has 0 spiro atoms. The van der Waals surface area contributed by atoms with Crippen LogP contribution in [0.1, 0.15) is 36.0 Å². The SMILES string of the molecule is CCN(CC)[C@H](CNC(=O)c1cccc(-n2cnnn2)c1)c1ccco1. The predicted octanol–water partition coefficient (Wildman–Crippen LogP) is 2.07. The van der Waals surface area contributed by atoms with Gasteiger partial charge in [-0.05, 0) is 53.8 Å². The van der Waals surface area contributed by atoms with Crippen LogP contribution in [-0.4, -0.2) is 50.6 Å². The van der Waals surface area contributed by atoms with Crippen LogP contribution in [-0.2, 0) is 0 Å². The molecular formula is C18H22N6O2. The number of hydrogen-bond acceptors (Lipinski definition) is 6. The third-order valence-electron chi connectivity index (χ3n) is 4.30. The monoisotopic (exact) mass is 354 g/mol. The van der Waals surface area contributed by atoms with Gasteiger partial charge in [-0.1, -0.05) is 19.9 Å². The highest BCUT2D eigenvalue weighted by Crippen LogP contribution is 2.20. The van der Waals surface area contributed by atoms with Crippen molar-refractivity contribution in [2.45, 2.75) is 19.9 Å². The third kappa shape index (κ3) is 3.97. The number of benzene rings is 1. The van der Waals surface area contributed by atoms with Crippen LogP contribution in [0.5, 0.6) is 0 Å². The van der Waals surface area contributed by atoms with Crippen molar-refractivity contribution in [1.29, 1.82) is 0 Å². The van der Waals surface area contributed by atoms with Gasteiger partial charge in [0.25, 0.3) is 5.91 Å². The number of furan rings is 1. The molecule has 26 heavy (non-hydrogen) atoms. The zero-order valence-corrected chi connectivity index (χ0v) is 14.9. The predicted molar refractivity (Wildman–Crippen MR) is 95.9 cm³/mol. The smallest absolute Gasteiger partial charge is 0.251 e. The minimum atomic E-state index is -0.149. The lowest BCUT2D eigenvalue weighted by atomic mass is 10.1. The van der Waals surface area contributed by atoms with E-state index in [0.29, 0.717) is 12.1 Å². The molecule has 1 amide bonds. The Labute approximate surface area is 151 Å². The van der Waals surface area contributed by atoms with Crippen molar-refractivity contribution in [1.82, 2.24) is 30.4 Å². The Morgan fingerprint density at radius 3 is 2.77 bits per heavy atom. The number of nitrogens with zero attached hydrogens (tertiary/aromatic N) is 5. The molecule has 1 N–H and O–H groups in total. The first kappa shape index (κ1) is 17.8. The van der Waals surface area contributed by atoms with E-state index in [2.05, 4.69) is 39.6 Å². The molecule has 1 aromatic carbocycles. The second-order valence-corrected chi connectivity index (χ2v) is 5.77. The molecular weight excluding hydrogens is 332 g/mol. The van der Waals surface area contributed by atoms with Gasteiger partial charge in [-0.25, -0.2) is 4.68 Å². The van der Waals surface area contributed by atoms with E-state index < -0.39 is 0 Å². The maximum Gasteiger partial charge on any atom is 0.251 e. The van der Waals surface area contributed by atoms with Gasteiger partial charge in [0.05, 0.1) is 18.0 Å². The normalized spacial score (nSPS) is 12.3. The Hall–Kier alpha value is -3.00. The van der Waals surface area contributed by atoms with E-state index in [9.17, 15) is 4.79 Å². The molecule has 0 radical (unpaired) electrons. The summed E-state index contributed by atoms with van der Waals surface area (Å²) in [7, 11) is 0. The number of hydrogen-bond donors (Lipinski definition) is 1. The molecule has 0 bridgehead atoms. The summed E-state index contributed by atoms with van der Waals surface area (Å²) < 4.78 is 7.08. The molecule has 8 nitrogen and oxygen atoms in total. The van der Waals surface area contributed by atoms with Crippen molar-refractivity contribution >= 4 is 5.91 Å². The highest BCUT2D eigenvalue weighted by molar-refractivity contribution is 5.94. The van der Waals surface area contributed by atoms with Crippen LogP contribution in [0.2, 0.25) is 0 Å². The van der Waals surface area contributed by atoms with Crippen LogP contribution in [0, 0.1) is 0 Å². The fourth-order valence-corrected chi connectivity index (χ4v) is 2.92. The van der Waals surface area contributed by atoms with E-state index in [0.717, 1.165) is 24.5 Å². The van der Waals surface area contributed by atoms with E-state index in [1.54, 1.807) is 24.5 Å². The summed E-state index contributed by atoms with van der Waals surface area (Å²) in [5, 5.41) is 14.1. The van der Waals surface area contributed by atoms with E-state index in [1.165, 1.54) is 11.0 Å². The van der Waals surface area contributed by atoms with Crippen LogP contribution >= 0.6 is 0 Å². The number of aromatic nitrogens is 4. The molecule has 136 valence electrons. The number of amides is 1. The number of tetrazole rings is 1. The highest BCUT2D eigenvalue weighted by atomic mass is 16.3. The van der Waals surface area contributed by atoms with Crippen LogP contribution in [0.25, 0.3) is 5.69 Å². The molecule has 1 atom stereocenters. The molecule has 0 saturated heterocycles. The van der Waals surface area contributed by atoms with Crippen LogP contribution in [0.4, 0.5) is 0 Å². The summed E-state index contributed by atoms with van der Waals surface area (Å²) in [6.45, 7) is 6.38. The molecule has 8 heteroatoms. The van der Waals surface area contributed by atoms with Gasteiger partial charge in [0.1, 0.15) is 12.1 Å². The Balaban J connectivity index is 1.72. The summed E-state index contributed by atoms with van der Waals surface area (Å²) in [6.07, 6.45) is 3.15. The molecule has 0 saturated carbocycles. The second-order valence-electron chi connectivity index (χ2n) is 5.77. The zero-order valence-electron chi connectivity index (χ0n) is 14.9. The van der Waals surface area contributed by atoms with Gasteiger partial charge >= 0.3 is 0 Å². The molecule has 3 rings (SSSR count). The summed E-state index contributed by atoms with van der Waals surface area (Å²) in [5.74, 6) is 0.695. The third-order valence-corrected chi connectivity index (χ3v) is 4.30. The van der Waals surface area contributed by atoms with E-state index >= 15 is 0 Å². The van der Waals surface area contributed by atoms with E-state index in [1.807, 2.05) is 18.2 Å².